The first-order chi connectivity index (χ1) is 18.6. The van der Waals surface area contributed by atoms with Gasteiger partial charge < -0.3 is 16.0 Å². The van der Waals surface area contributed by atoms with Crippen LogP contribution < -0.4 is 16.0 Å². The monoisotopic (exact) mass is 523 g/mol. The highest BCUT2D eigenvalue weighted by atomic mass is 16.2. The zero-order valence-electron chi connectivity index (χ0n) is 23.4. The molecule has 0 bridgehead atoms. The summed E-state index contributed by atoms with van der Waals surface area (Å²) in [7, 11) is 0. The quantitative estimate of drug-likeness (QED) is 0.239. The molecule has 0 fully saturated rings. The number of benzene rings is 2. The minimum Gasteiger partial charge on any atom is -0.356 e. The molecule has 0 atom stereocenters. The Morgan fingerprint density at radius 2 is 1.21 bits per heavy atom. The lowest BCUT2D eigenvalue weighted by atomic mass is 10.1. The van der Waals surface area contributed by atoms with E-state index in [1.165, 1.54) is 0 Å². The van der Waals surface area contributed by atoms with Crippen LogP contribution in [0.3, 0.4) is 0 Å². The average molecular weight is 524 g/mol. The molecule has 0 aliphatic heterocycles. The Balaban J connectivity index is 1.56. The second kappa shape index (κ2) is 13.9. The Morgan fingerprint density at radius 3 is 1.77 bits per heavy atom. The number of rotatable bonds is 9. The van der Waals surface area contributed by atoms with Crippen molar-refractivity contribution >= 4 is 46.0 Å². The molecule has 0 saturated heterocycles. The lowest BCUT2D eigenvalue weighted by Gasteiger charge is -2.10. The second-order valence-corrected chi connectivity index (χ2v) is 9.93. The molecule has 7 nitrogen and oxygen atoms in total. The molecule has 202 valence electrons. The fourth-order valence-electron chi connectivity index (χ4n) is 3.33. The van der Waals surface area contributed by atoms with Gasteiger partial charge in [-0.1, -0.05) is 27.7 Å². The highest BCUT2D eigenvalue weighted by Crippen LogP contribution is 2.22. The number of hydrogen-bond donors (Lipinski definition) is 3. The standard InChI is InChI=1S/C32H37N5O2/c1-21(2)31(38)34-24(6)8-7-23(5)33-25-9-11-26(12-10-25)35-27-13-15-28(16-14-27)36-29-17-19-30(20-18-29)37-32(39)22(3)4/h7-22,36H,1-6H3,(H,34,38)(H,37,39)/b23-7+,24-8+,33-25?,35-26?. The van der Waals surface area contributed by atoms with E-state index in [0.717, 1.165) is 45.6 Å². The normalized spacial score (nSPS) is 13.5. The first-order valence-corrected chi connectivity index (χ1v) is 13.1. The van der Waals surface area contributed by atoms with E-state index in [-0.39, 0.29) is 23.7 Å². The van der Waals surface area contributed by atoms with Crippen LogP contribution in [0.2, 0.25) is 0 Å². The number of amides is 2. The molecule has 0 saturated carbocycles. The van der Waals surface area contributed by atoms with Gasteiger partial charge in [-0.15, -0.1) is 0 Å². The van der Waals surface area contributed by atoms with Crippen LogP contribution in [0.15, 0.2) is 106 Å². The molecule has 0 unspecified atom stereocenters. The van der Waals surface area contributed by atoms with Crippen molar-refractivity contribution in [3.63, 3.8) is 0 Å². The van der Waals surface area contributed by atoms with Crippen molar-refractivity contribution in [2.24, 2.45) is 21.8 Å². The molecule has 3 rings (SSSR count). The van der Waals surface area contributed by atoms with E-state index in [1.54, 1.807) is 0 Å². The van der Waals surface area contributed by atoms with E-state index in [0.29, 0.717) is 0 Å². The number of carbonyl (C=O) groups excluding carboxylic acids is 2. The van der Waals surface area contributed by atoms with Gasteiger partial charge in [0.25, 0.3) is 0 Å². The molecule has 0 spiro atoms. The first-order valence-electron chi connectivity index (χ1n) is 13.1. The molecule has 2 aromatic rings. The van der Waals surface area contributed by atoms with Crippen molar-refractivity contribution in [2.75, 3.05) is 10.6 Å². The predicted octanol–water partition coefficient (Wildman–Crippen LogP) is 7.24. The Hall–Kier alpha value is -4.52. The van der Waals surface area contributed by atoms with Gasteiger partial charge in [-0.25, -0.2) is 4.99 Å². The molecule has 39 heavy (non-hydrogen) atoms. The van der Waals surface area contributed by atoms with Crippen molar-refractivity contribution in [2.45, 2.75) is 41.5 Å². The molecular weight excluding hydrogens is 486 g/mol. The number of allylic oxidation sites excluding steroid dienone is 8. The summed E-state index contributed by atoms with van der Waals surface area (Å²) in [6.45, 7) is 11.2. The molecule has 2 amide bonds. The van der Waals surface area contributed by atoms with Crippen LogP contribution in [-0.4, -0.2) is 23.2 Å². The van der Waals surface area contributed by atoms with Crippen LogP contribution in [0.25, 0.3) is 0 Å². The fraction of sp³-hybridized carbons (Fsp3) is 0.250. The maximum Gasteiger partial charge on any atom is 0.226 e. The highest BCUT2D eigenvalue weighted by Gasteiger charge is 2.07. The number of anilines is 3. The first kappa shape index (κ1) is 29.0. The van der Waals surface area contributed by atoms with Crippen molar-refractivity contribution in [3.05, 3.63) is 96.4 Å². The van der Waals surface area contributed by atoms with Crippen LogP contribution in [0, 0.1) is 11.8 Å². The summed E-state index contributed by atoms with van der Waals surface area (Å²) in [6, 6.07) is 15.5. The highest BCUT2D eigenvalue weighted by molar-refractivity contribution is 6.19. The lowest BCUT2D eigenvalue weighted by molar-refractivity contribution is -0.123. The van der Waals surface area contributed by atoms with E-state index in [4.69, 9.17) is 4.99 Å². The Bertz CT molecular complexity index is 1340. The maximum atomic E-state index is 11.8. The summed E-state index contributed by atoms with van der Waals surface area (Å²) < 4.78 is 0. The molecule has 1 aliphatic rings. The third kappa shape index (κ3) is 9.70. The van der Waals surface area contributed by atoms with Gasteiger partial charge in [0.1, 0.15) is 0 Å². The smallest absolute Gasteiger partial charge is 0.226 e. The molecule has 2 aromatic carbocycles. The molecule has 3 N–H and O–H groups in total. The number of carbonyl (C=O) groups is 2. The third-order valence-electron chi connectivity index (χ3n) is 5.67. The fourth-order valence-corrected chi connectivity index (χ4v) is 3.33. The van der Waals surface area contributed by atoms with Gasteiger partial charge in [0.05, 0.1) is 17.1 Å². The SMILES string of the molecule is C/C(=C\C=C(/C)NC(=O)C(C)C)N=C1C=CC(=Nc2ccc(Nc3ccc(NC(=O)C(C)C)cc3)cc2)C=C1. The third-order valence-corrected chi connectivity index (χ3v) is 5.67. The van der Waals surface area contributed by atoms with Crippen molar-refractivity contribution in [1.82, 2.24) is 5.32 Å². The average Bonchev–Trinajstić information content (AvgIpc) is 2.90. The molecule has 1 aliphatic carbocycles. The van der Waals surface area contributed by atoms with E-state index in [9.17, 15) is 9.59 Å². The van der Waals surface area contributed by atoms with Crippen molar-refractivity contribution in [3.8, 4) is 0 Å². The second-order valence-electron chi connectivity index (χ2n) is 9.93. The Morgan fingerprint density at radius 1 is 0.692 bits per heavy atom. The van der Waals surface area contributed by atoms with E-state index >= 15 is 0 Å². The molecular formula is C32H37N5O2. The van der Waals surface area contributed by atoms with Crippen LogP contribution in [-0.2, 0) is 9.59 Å². The molecule has 0 radical (unpaired) electrons. The van der Waals surface area contributed by atoms with Crippen LogP contribution in [0.5, 0.6) is 0 Å². The van der Waals surface area contributed by atoms with Gasteiger partial charge in [0.15, 0.2) is 0 Å². The topological polar surface area (TPSA) is 94.9 Å². The maximum absolute atomic E-state index is 11.8. The van der Waals surface area contributed by atoms with Gasteiger partial charge >= 0.3 is 0 Å². The number of aliphatic imine (C=N–C) groups is 2. The minimum absolute atomic E-state index is 0.00105. The molecule has 0 heterocycles. The van der Waals surface area contributed by atoms with E-state index < -0.39 is 0 Å². The number of nitrogens with zero attached hydrogens (tertiary/aromatic N) is 2. The summed E-state index contributed by atoms with van der Waals surface area (Å²) in [4.78, 5) is 32.9. The van der Waals surface area contributed by atoms with Gasteiger partial charge in [-0.3, -0.25) is 14.6 Å². The van der Waals surface area contributed by atoms with Gasteiger partial charge in [0, 0.05) is 40.3 Å². The van der Waals surface area contributed by atoms with Crippen molar-refractivity contribution in [1.29, 1.82) is 0 Å². The zero-order chi connectivity index (χ0) is 28.4. The summed E-state index contributed by atoms with van der Waals surface area (Å²) in [5, 5.41) is 9.11. The van der Waals surface area contributed by atoms with Gasteiger partial charge in [-0.05, 0) is 98.8 Å². The number of nitrogens with one attached hydrogen (secondary N) is 3. The summed E-state index contributed by atoms with van der Waals surface area (Å²) >= 11 is 0. The lowest BCUT2D eigenvalue weighted by Crippen LogP contribution is -2.25. The minimum atomic E-state index is -0.0601. The Labute approximate surface area is 231 Å². The van der Waals surface area contributed by atoms with Crippen LogP contribution >= 0.6 is 0 Å². The van der Waals surface area contributed by atoms with Gasteiger partial charge in [-0.2, -0.15) is 0 Å². The largest absolute Gasteiger partial charge is 0.356 e. The van der Waals surface area contributed by atoms with Gasteiger partial charge in [0.2, 0.25) is 11.8 Å². The predicted molar refractivity (Wildman–Crippen MR) is 163 cm³/mol. The zero-order valence-corrected chi connectivity index (χ0v) is 23.4. The van der Waals surface area contributed by atoms with E-state index in [2.05, 4.69) is 20.9 Å². The van der Waals surface area contributed by atoms with Crippen LogP contribution in [0.1, 0.15) is 41.5 Å². The summed E-state index contributed by atoms with van der Waals surface area (Å²) in [5.41, 5.74) is 6.76. The van der Waals surface area contributed by atoms with Crippen LogP contribution in [0.4, 0.5) is 22.7 Å². The molecule has 7 heteroatoms. The Kier molecular flexibility index (Phi) is 10.3. The van der Waals surface area contributed by atoms with Crippen molar-refractivity contribution < 1.29 is 9.59 Å². The number of hydrogen-bond acceptors (Lipinski definition) is 5. The summed E-state index contributed by atoms with van der Waals surface area (Å²) in [5.74, 6) is -0.123. The van der Waals surface area contributed by atoms with E-state index in [1.807, 2.05) is 127 Å². The molecule has 0 aromatic heterocycles. The summed E-state index contributed by atoms with van der Waals surface area (Å²) in [6.07, 6.45) is 11.4.